The average molecular weight is 418 g/mol. The molecule has 0 spiro atoms. The highest BCUT2D eigenvalue weighted by atomic mass is 35.5. The van der Waals surface area contributed by atoms with E-state index in [0.29, 0.717) is 22.8 Å². The molecule has 0 bridgehead atoms. The zero-order valence-electron chi connectivity index (χ0n) is 17.6. The third-order valence-electron chi connectivity index (χ3n) is 5.83. The summed E-state index contributed by atoms with van der Waals surface area (Å²) >= 11 is 6.04. The molecule has 0 atom stereocenters. The Bertz CT molecular complexity index is 752. The van der Waals surface area contributed by atoms with Crippen LogP contribution in [0.4, 0.5) is 0 Å². The predicted molar refractivity (Wildman–Crippen MR) is 118 cm³/mol. The van der Waals surface area contributed by atoms with Gasteiger partial charge in [0.25, 0.3) is 11.8 Å². The van der Waals surface area contributed by atoms with Crippen molar-refractivity contribution in [3.63, 3.8) is 0 Å². The molecule has 1 aromatic carbocycles. The van der Waals surface area contributed by atoms with Crippen molar-refractivity contribution in [1.82, 2.24) is 14.7 Å². The minimum Gasteiger partial charge on any atom is -0.364 e. The highest BCUT2D eigenvalue weighted by Crippen LogP contribution is 2.33. The number of benzene rings is 1. The Morgan fingerprint density at radius 2 is 1.48 bits per heavy atom. The number of rotatable bonds is 9. The maximum Gasteiger partial charge on any atom is 0.277 e. The Hall–Kier alpha value is -1.85. The van der Waals surface area contributed by atoms with Gasteiger partial charge >= 0.3 is 0 Å². The van der Waals surface area contributed by atoms with Gasteiger partial charge in [0.2, 0.25) is 0 Å². The lowest BCUT2D eigenvalue weighted by atomic mass is 10.0. The Labute approximate surface area is 179 Å². The minimum atomic E-state index is -0.167. The van der Waals surface area contributed by atoms with Crippen molar-refractivity contribution < 1.29 is 9.59 Å². The van der Waals surface area contributed by atoms with Gasteiger partial charge in [-0.25, -0.2) is 0 Å². The molecule has 0 aliphatic carbocycles. The van der Waals surface area contributed by atoms with Crippen LogP contribution in [0.3, 0.4) is 0 Å². The van der Waals surface area contributed by atoms with Crippen molar-refractivity contribution in [3.8, 4) is 0 Å². The largest absolute Gasteiger partial charge is 0.364 e. The molecule has 0 unspecified atom stereocenters. The number of piperazine rings is 1. The molecule has 5 nitrogen and oxygen atoms in total. The average Bonchev–Trinajstić information content (AvgIpc) is 2.96. The van der Waals surface area contributed by atoms with Gasteiger partial charge in [0.15, 0.2) is 0 Å². The van der Waals surface area contributed by atoms with Gasteiger partial charge in [0.05, 0.1) is 5.57 Å². The van der Waals surface area contributed by atoms with E-state index in [2.05, 4.69) is 23.8 Å². The summed E-state index contributed by atoms with van der Waals surface area (Å²) in [5.41, 5.74) is 1.87. The maximum absolute atomic E-state index is 13.3. The summed E-state index contributed by atoms with van der Waals surface area (Å²) in [5, 5.41) is 0.621. The number of nitrogens with zero attached hydrogens (tertiary/aromatic N) is 3. The van der Waals surface area contributed by atoms with Gasteiger partial charge in [0, 0.05) is 37.7 Å². The molecule has 2 aliphatic rings. The monoisotopic (exact) mass is 417 g/mol. The molecule has 158 valence electrons. The first-order valence-electron chi connectivity index (χ1n) is 10.8. The van der Waals surface area contributed by atoms with E-state index >= 15 is 0 Å². The number of halogens is 1. The summed E-state index contributed by atoms with van der Waals surface area (Å²) in [6.45, 7) is 5.98. The SMILES string of the molecule is CCCCCCCCN1C(=O)C(c2ccc(Cl)cc2)=C(N2CCN(C)CC2)C1=O. The number of hydrogen-bond donors (Lipinski definition) is 0. The van der Waals surface area contributed by atoms with Crippen molar-refractivity contribution in [2.24, 2.45) is 0 Å². The van der Waals surface area contributed by atoms with Crippen LogP contribution in [-0.2, 0) is 9.59 Å². The molecular weight excluding hydrogens is 386 g/mol. The van der Waals surface area contributed by atoms with Gasteiger partial charge in [0.1, 0.15) is 5.70 Å². The first-order valence-corrected chi connectivity index (χ1v) is 11.2. The van der Waals surface area contributed by atoms with Crippen LogP contribution < -0.4 is 0 Å². The fourth-order valence-corrected chi connectivity index (χ4v) is 4.14. The van der Waals surface area contributed by atoms with E-state index in [4.69, 9.17) is 11.6 Å². The molecule has 3 rings (SSSR count). The van der Waals surface area contributed by atoms with E-state index in [1.54, 1.807) is 12.1 Å². The Morgan fingerprint density at radius 1 is 0.862 bits per heavy atom. The standard InChI is InChI=1S/C23H32ClN3O2/c1-3-4-5-6-7-8-13-27-22(28)20(18-9-11-19(24)12-10-18)21(23(27)29)26-16-14-25(2)15-17-26/h9-12H,3-8,13-17H2,1-2H3. The Balaban J connectivity index is 1.78. The molecule has 2 heterocycles. The summed E-state index contributed by atoms with van der Waals surface area (Å²) in [6.07, 6.45) is 6.76. The number of unbranched alkanes of at least 4 members (excludes halogenated alkanes) is 5. The summed E-state index contributed by atoms with van der Waals surface area (Å²) in [6, 6.07) is 7.24. The predicted octanol–water partition coefficient (Wildman–Crippen LogP) is 4.03. The number of hydrogen-bond acceptors (Lipinski definition) is 4. The molecule has 1 aromatic rings. The van der Waals surface area contributed by atoms with Crippen LogP contribution in [0.25, 0.3) is 5.57 Å². The highest BCUT2D eigenvalue weighted by Gasteiger charge is 2.41. The van der Waals surface area contributed by atoms with Crippen molar-refractivity contribution in [3.05, 3.63) is 40.5 Å². The van der Waals surface area contributed by atoms with Gasteiger partial charge in [-0.2, -0.15) is 0 Å². The summed E-state index contributed by atoms with van der Waals surface area (Å²) in [4.78, 5) is 32.3. The van der Waals surface area contributed by atoms with Crippen molar-refractivity contribution in [2.45, 2.75) is 45.4 Å². The number of carbonyl (C=O) groups is 2. The van der Waals surface area contributed by atoms with E-state index < -0.39 is 0 Å². The van der Waals surface area contributed by atoms with E-state index in [-0.39, 0.29) is 11.8 Å². The third kappa shape index (κ3) is 5.20. The van der Waals surface area contributed by atoms with E-state index in [1.165, 1.54) is 24.2 Å². The lowest BCUT2D eigenvalue weighted by Gasteiger charge is -2.34. The number of likely N-dealkylation sites (N-methyl/N-ethyl adjacent to an activating group) is 1. The summed E-state index contributed by atoms with van der Waals surface area (Å²) in [7, 11) is 2.08. The number of amides is 2. The van der Waals surface area contributed by atoms with Gasteiger partial charge in [-0.1, -0.05) is 62.8 Å². The van der Waals surface area contributed by atoms with Crippen molar-refractivity contribution in [1.29, 1.82) is 0 Å². The molecule has 29 heavy (non-hydrogen) atoms. The lowest BCUT2D eigenvalue weighted by molar-refractivity contribution is -0.137. The van der Waals surface area contributed by atoms with E-state index in [9.17, 15) is 9.59 Å². The van der Waals surface area contributed by atoms with Crippen molar-refractivity contribution >= 4 is 29.0 Å². The molecule has 2 amide bonds. The topological polar surface area (TPSA) is 43.9 Å². The Kier molecular flexibility index (Phi) is 7.73. The molecule has 0 saturated carbocycles. The second-order valence-electron chi connectivity index (χ2n) is 8.05. The number of carbonyl (C=O) groups excluding carboxylic acids is 2. The van der Waals surface area contributed by atoms with E-state index in [0.717, 1.165) is 51.0 Å². The quantitative estimate of drug-likeness (QED) is 0.449. The molecule has 0 aromatic heterocycles. The van der Waals surface area contributed by atoms with Crippen LogP contribution in [0.1, 0.15) is 51.0 Å². The smallest absolute Gasteiger partial charge is 0.277 e. The van der Waals surface area contributed by atoms with Crippen LogP contribution in [0.2, 0.25) is 5.02 Å². The second kappa shape index (κ2) is 10.3. The van der Waals surface area contributed by atoms with Gasteiger partial charge < -0.3 is 9.80 Å². The summed E-state index contributed by atoms with van der Waals surface area (Å²) in [5.74, 6) is -0.308. The first-order chi connectivity index (χ1) is 14.0. The van der Waals surface area contributed by atoms with Crippen LogP contribution in [0, 0.1) is 0 Å². The fourth-order valence-electron chi connectivity index (χ4n) is 4.02. The lowest BCUT2D eigenvalue weighted by Crippen LogP contribution is -2.46. The van der Waals surface area contributed by atoms with E-state index in [1.807, 2.05) is 12.1 Å². The maximum atomic E-state index is 13.3. The van der Waals surface area contributed by atoms with Gasteiger partial charge in [-0.3, -0.25) is 14.5 Å². The third-order valence-corrected chi connectivity index (χ3v) is 6.08. The molecule has 2 aliphatic heterocycles. The molecule has 1 fully saturated rings. The van der Waals surface area contributed by atoms with Crippen LogP contribution in [-0.4, -0.2) is 66.3 Å². The zero-order chi connectivity index (χ0) is 20.8. The van der Waals surface area contributed by atoms with Crippen LogP contribution in [0.5, 0.6) is 0 Å². The number of imide groups is 1. The molecule has 0 N–H and O–H groups in total. The fraction of sp³-hybridized carbons (Fsp3) is 0.565. The van der Waals surface area contributed by atoms with Crippen molar-refractivity contribution in [2.75, 3.05) is 39.8 Å². The summed E-state index contributed by atoms with van der Waals surface area (Å²) < 4.78 is 0. The molecular formula is C23H32ClN3O2. The van der Waals surface area contributed by atoms with Crippen LogP contribution in [0.15, 0.2) is 30.0 Å². The molecule has 1 saturated heterocycles. The zero-order valence-corrected chi connectivity index (χ0v) is 18.4. The highest BCUT2D eigenvalue weighted by molar-refractivity contribution is 6.36. The Morgan fingerprint density at radius 3 is 2.14 bits per heavy atom. The first kappa shape index (κ1) is 21.8. The minimum absolute atomic E-state index is 0.141. The normalized spacial score (nSPS) is 18.3. The molecule has 0 radical (unpaired) electrons. The second-order valence-corrected chi connectivity index (χ2v) is 8.49. The van der Waals surface area contributed by atoms with Gasteiger partial charge in [-0.05, 0) is 31.2 Å². The van der Waals surface area contributed by atoms with Crippen LogP contribution >= 0.6 is 11.6 Å². The molecule has 6 heteroatoms. The van der Waals surface area contributed by atoms with Gasteiger partial charge in [-0.15, -0.1) is 0 Å².